The summed E-state index contributed by atoms with van der Waals surface area (Å²) in [5.74, 6) is -0.694. The Morgan fingerprint density at radius 2 is 2.19 bits per heavy atom. The van der Waals surface area contributed by atoms with E-state index in [0.717, 1.165) is 6.42 Å². The molecule has 1 atom stereocenters. The summed E-state index contributed by atoms with van der Waals surface area (Å²) in [6, 6.07) is 5.39. The van der Waals surface area contributed by atoms with Crippen LogP contribution in [0.25, 0.3) is 0 Å². The topological polar surface area (TPSA) is 59.6 Å². The maximum Gasteiger partial charge on any atom is 0.159 e. The third-order valence-electron chi connectivity index (χ3n) is 2.83. The highest BCUT2D eigenvalue weighted by atomic mass is 19.1. The second-order valence-corrected chi connectivity index (χ2v) is 3.95. The van der Waals surface area contributed by atoms with Gasteiger partial charge in [-0.05, 0) is 31.4 Å². The molecule has 1 unspecified atom stereocenters. The zero-order chi connectivity index (χ0) is 11.7. The molecule has 1 aromatic carbocycles. The maximum atomic E-state index is 13.7. The van der Waals surface area contributed by atoms with Crippen molar-refractivity contribution in [3.63, 3.8) is 0 Å². The number of rotatable bonds is 0. The largest absolute Gasteiger partial charge is 0.382 e. The van der Waals surface area contributed by atoms with E-state index < -0.39 is 5.82 Å². The molecule has 0 aromatic heterocycles. The summed E-state index contributed by atoms with van der Waals surface area (Å²) >= 11 is 0. The minimum Gasteiger partial charge on any atom is -0.382 e. The van der Waals surface area contributed by atoms with Crippen molar-refractivity contribution in [1.82, 2.24) is 0 Å². The van der Waals surface area contributed by atoms with Crippen LogP contribution in [0.3, 0.4) is 0 Å². The van der Waals surface area contributed by atoms with Crippen molar-refractivity contribution < 1.29 is 4.39 Å². The van der Waals surface area contributed by atoms with Gasteiger partial charge in [0.25, 0.3) is 0 Å². The van der Waals surface area contributed by atoms with Crippen molar-refractivity contribution in [2.75, 3.05) is 5.32 Å². The Morgan fingerprint density at radius 3 is 2.81 bits per heavy atom. The molecule has 0 bridgehead atoms. The number of anilines is 1. The monoisotopic (exact) mass is 215 g/mol. The Morgan fingerprint density at radius 1 is 1.44 bits per heavy atom. The number of nitrogens with one attached hydrogen (secondary N) is 1. The van der Waals surface area contributed by atoms with E-state index >= 15 is 0 Å². The van der Waals surface area contributed by atoms with Gasteiger partial charge in [0.2, 0.25) is 0 Å². The van der Waals surface area contributed by atoms with Gasteiger partial charge in [0.1, 0.15) is 12.1 Å². The molecule has 0 amide bonds. The maximum absolute atomic E-state index is 13.7. The summed E-state index contributed by atoms with van der Waals surface area (Å²) in [6.07, 6.45) is 1.54. The molecule has 0 radical (unpaired) electrons. The first kappa shape index (κ1) is 10.4. The van der Waals surface area contributed by atoms with Crippen molar-refractivity contribution in [3.05, 3.63) is 28.6 Å². The van der Waals surface area contributed by atoms with Gasteiger partial charge in [-0.2, -0.15) is 10.5 Å². The molecule has 16 heavy (non-hydrogen) atoms. The molecule has 0 aliphatic carbocycles. The van der Waals surface area contributed by atoms with E-state index in [9.17, 15) is 4.39 Å². The normalized spacial score (nSPS) is 17.9. The van der Waals surface area contributed by atoms with Crippen molar-refractivity contribution in [2.45, 2.75) is 25.8 Å². The van der Waals surface area contributed by atoms with Crippen LogP contribution in [0, 0.1) is 28.5 Å². The third kappa shape index (κ3) is 1.49. The number of hydrogen-bond acceptors (Lipinski definition) is 3. The predicted octanol–water partition coefficient (Wildman–Crippen LogP) is 2.32. The van der Waals surface area contributed by atoms with Gasteiger partial charge in [-0.25, -0.2) is 4.39 Å². The third-order valence-corrected chi connectivity index (χ3v) is 2.83. The van der Waals surface area contributed by atoms with Gasteiger partial charge in [-0.1, -0.05) is 0 Å². The highest BCUT2D eigenvalue weighted by molar-refractivity contribution is 5.64. The minimum absolute atomic E-state index is 0.00782. The SMILES string of the molecule is CC1CCc2c(cc(C#N)c(F)c2C#N)N1. The quantitative estimate of drug-likeness (QED) is 0.722. The lowest BCUT2D eigenvalue weighted by atomic mass is 9.93. The molecule has 0 saturated carbocycles. The standard InChI is InChI=1S/C12H10FN3/c1-7-2-3-9-10(6-15)12(13)8(5-14)4-11(9)16-7/h4,7,16H,2-3H2,1H3. The van der Waals surface area contributed by atoms with Crippen molar-refractivity contribution in [1.29, 1.82) is 10.5 Å². The summed E-state index contributed by atoms with van der Waals surface area (Å²) in [5, 5.41) is 20.9. The van der Waals surface area contributed by atoms with Gasteiger partial charge in [-0.3, -0.25) is 0 Å². The average Bonchev–Trinajstić information content (AvgIpc) is 2.28. The number of fused-ring (bicyclic) bond motifs is 1. The van der Waals surface area contributed by atoms with Gasteiger partial charge in [-0.15, -0.1) is 0 Å². The second kappa shape index (κ2) is 3.83. The molecule has 1 aliphatic rings. The zero-order valence-electron chi connectivity index (χ0n) is 8.84. The summed E-state index contributed by atoms with van der Waals surface area (Å²) in [5.41, 5.74) is 1.34. The number of nitriles is 2. The Labute approximate surface area is 93.1 Å². The van der Waals surface area contributed by atoms with Crippen molar-refractivity contribution >= 4 is 5.69 Å². The van der Waals surface area contributed by atoms with Crippen LogP contribution in [0.1, 0.15) is 30.0 Å². The van der Waals surface area contributed by atoms with Gasteiger partial charge < -0.3 is 5.32 Å². The van der Waals surface area contributed by atoms with E-state index in [1.165, 1.54) is 6.07 Å². The molecule has 0 saturated heterocycles. The molecule has 1 aromatic rings. The van der Waals surface area contributed by atoms with E-state index in [-0.39, 0.29) is 17.2 Å². The zero-order valence-corrected chi connectivity index (χ0v) is 8.84. The minimum atomic E-state index is -0.694. The van der Waals surface area contributed by atoms with Gasteiger partial charge >= 0.3 is 0 Å². The number of hydrogen-bond donors (Lipinski definition) is 1. The second-order valence-electron chi connectivity index (χ2n) is 3.95. The van der Waals surface area contributed by atoms with Crippen molar-refractivity contribution in [2.24, 2.45) is 0 Å². The van der Waals surface area contributed by atoms with Crippen LogP contribution in [0.15, 0.2) is 6.07 Å². The lowest BCUT2D eigenvalue weighted by molar-refractivity contribution is 0.609. The molecule has 1 N–H and O–H groups in total. The van der Waals surface area contributed by atoms with Crippen LogP contribution in [0.5, 0.6) is 0 Å². The fourth-order valence-electron chi connectivity index (χ4n) is 1.98. The Hall–Kier alpha value is -2.07. The predicted molar refractivity (Wildman–Crippen MR) is 57.2 cm³/mol. The van der Waals surface area contributed by atoms with E-state index in [0.29, 0.717) is 17.7 Å². The Bertz CT molecular complexity index is 523. The summed E-state index contributed by atoms with van der Waals surface area (Å²) in [4.78, 5) is 0. The molecular formula is C12H10FN3. The fourth-order valence-corrected chi connectivity index (χ4v) is 1.98. The average molecular weight is 215 g/mol. The lowest BCUT2D eigenvalue weighted by Crippen LogP contribution is -2.23. The van der Waals surface area contributed by atoms with E-state index in [1.54, 1.807) is 6.07 Å². The molecule has 1 aliphatic heterocycles. The molecule has 2 rings (SSSR count). The number of halogens is 1. The van der Waals surface area contributed by atoms with Crippen LogP contribution < -0.4 is 5.32 Å². The smallest absolute Gasteiger partial charge is 0.159 e. The van der Waals surface area contributed by atoms with Crippen molar-refractivity contribution in [3.8, 4) is 12.1 Å². The Kier molecular flexibility index (Phi) is 2.50. The first-order valence-electron chi connectivity index (χ1n) is 5.09. The number of benzene rings is 1. The van der Waals surface area contributed by atoms with Crippen LogP contribution in [-0.4, -0.2) is 6.04 Å². The molecule has 3 nitrogen and oxygen atoms in total. The molecular weight excluding hydrogens is 205 g/mol. The van der Waals surface area contributed by atoms with Crippen LogP contribution in [-0.2, 0) is 6.42 Å². The molecule has 4 heteroatoms. The van der Waals surface area contributed by atoms with E-state index in [4.69, 9.17) is 10.5 Å². The van der Waals surface area contributed by atoms with E-state index in [1.807, 2.05) is 13.0 Å². The molecule has 0 spiro atoms. The lowest BCUT2D eigenvalue weighted by Gasteiger charge is -2.25. The summed E-state index contributed by atoms with van der Waals surface area (Å²) < 4.78 is 13.7. The fraction of sp³-hybridized carbons (Fsp3) is 0.333. The highest BCUT2D eigenvalue weighted by Crippen LogP contribution is 2.31. The summed E-state index contributed by atoms with van der Waals surface area (Å²) in [6.45, 7) is 2.02. The summed E-state index contributed by atoms with van der Waals surface area (Å²) in [7, 11) is 0. The highest BCUT2D eigenvalue weighted by Gasteiger charge is 2.22. The number of nitrogens with zero attached hydrogens (tertiary/aromatic N) is 2. The van der Waals surface area contributed by atoms with E-state index in [2.05, 4.69) is 5.32 Å². The van der Waals surface area contributed by atoms with Gasteiger partial charge in [0.15, 0.2) is 5.82 Å². The van der Waals surface area contributed by atoms with Gasteiger partial charge in [0, 0.05) is 11.7 Å². The molecule has 0 fully saturated rings. The van der Waals surface area contributed by atoms with Gasteiger partial charge in [0.05, 0.1) is 11.1 Å². The van der Waals surface area contributed by atoms with Crippen LogP contribution in [0.4, 0.5) is 10.1 Å². The van der Waals surface area contributed by atoms with Crippen LogP contribution >= 0.6 is 0 Å². The van der Waals surface area contributed by atoms with Crippen LogP contribution in [0.2, 0.25) is 0 Å². The Balaban J connectivity index is 2.67. The molecule has 80 valence electrons. The molecule has 1 heterocycles. The first-order chi connectivity index (χ1) is 7.67. The first-order valence-corrected chi connectivity index (χ1v) is 5.09.